The van der Waals surface area contributed by atoms with Gasteiger partial charge in [0.2, 0.25) is 0 Å². The number of aliphatic carboxylic acids is 1. The molecule has 0 saturated heterocycles. The zero-order chi connectivity index (χ0) is 29.8. The molecule has 222 valence electrons. The minimum Gasteiger partial charge on any atom is -0.481 e. The first-order chi connectivity index (χ1) is 19.0. The monoisotopic (exact) mass is 559 g/mol. The van der Waals surface area contributed by atoms with Gasteiger partial charge in [-0.15, -0.1) is 0 Å². The number of hydrogen-bond acceptors (Lipinski definition) is 4. The lowest BCUT2D eigenvalue weighted by molar-refractivity contribution is -0.191. The van der Waals surface area contributed by atoms with Gasteiger partial charge in [0.1, 0.15) is 0 Å². The van der Waals surface area contributed by atoms with Crippen molar-refractivity contribution in [3.63, 3.8) is 0 Å². The molecule has 0 aliphatic heterocycles. The predicted octanol–water partition coefficient (Wildman–Crippen LogP) is 7.50. The highest BCUT2D eigenvalue weighted by Crippen LogP contribution is 2.75. The van der Waals surface area contributed by atoms with Crippen LogP contribution in [0.3, 0.4) is 0 Å². The van der Waals surface area contributed by atoms with Crippen LogP contribution in [0, 0.1) is 50.2 Å². The Kier molecular flexibility index (Phi) is 6.24. The van der Waals surface area contributed by atoms with E-state index in [1.807, 2.05) is 25.1 Å². The van der Waals surface area contributed by atoms with Crippen LogP contribution in [0.4, 0.5) is 0 Å². The van der Waals surface area contributed by atoms with Gasteiger partial charge in [0, 0.05) is 18.3 Å². The number of carbonyl (C=O) groups excluding carboxylic acids is 1. The third-order valence-electron chi connectivity index (χ3n) is 14.0. The average Bonchev–Trinajstić information content (AvgIpc) is 2.90. The van der Waals surface area contributed by atoms with Crippen LogP contribution in [0.2, 0.25) is 0 Å². The van der Waals surface area contributed by atoms with Crippen LogP contribution in [-0.4, -0.2) is 33.1 Å². The molecule has 5 heteroatoms. The van der Waals surface area contributed by atoms with E-state index in [0.717, 1.165) is 43.2 Å². The molecule has 5 aliphatic carbocycles. The van der Waals surface area contributed by atoms with Gasteiger partial charge in [0.25, 0.3) is 0 Å². The first-order valence-corrected chi connectivity index (χ1v) is 15.8. The van der Waals surface area contributed by atoms with E-state index in [4.69, 9.17) is 0 Å². The maximum Gasteiger partial charge on any atom is 0.309 e. The van der Waals surface area contributed by atoms with E-state index < -0.39 is 17.5 Å². The summed E-state index contributed by atoms with van der Waals surface area (Å²) in [6, 6.07) is 3.95. The van der Waals surface area contributed by atoms with Crippen molar-refractivity contribution < 1.29 is 19.8 Å². The maximum atomic E-state index is 14.6. The summed E-state index contributed by atoms with van der Waals surface area (Å²) in [5.41, 5.74) is 1.54. The number of aromatic nitrogens is 1. The Labute approximate surface area is 245 Å². The molecule has 1 aromatic heterocycles. The quantitative estimate of drug-likeness (QED) is 0.392. The van der Waals surface area contributed by atoms with Crippen LogP contribution < -0.4 is 0 Å². The highest BCUT2D eigenvalue weighted by Gasteiger charge is 2.70. The average molecular weight is 560 g/mol. The molecule has 4 fully saturated rings. The molecule has 0 radical (unpaired) electrons. The van der Waals surface area contributed by atoms with Gasteiger partial charge in [-0.25, -0.2) is 0 Å². The lowest BCUT2D eigenvalue weighted by Crippen LogP contribution is -2.67. The minimum atomic E-state index is -0.746. The smallest absolute Gasteiger partial charge is 0.309 e. The largest absolute Gasteiger partial charge is 0.481 e. The third kappa shape index (κ3) is 3.79. The molecular weight excluding hydrogens is 510 g/mol. The summed E-state index contributed by atoms with van der Waals surface area (Å²) in [7, 11) is 0. The maximum absolute atomic E-state index is 14.6. The van der Waals surface area contributed by atoms with Crippen LogP contribution in [0.5, 0.6) is 0 Å². The van der Waals surface area contributed by atoms with Gasteiger partial charge < -0.3 is 10.2 Å². The summed E-state index contributed by atoms with van der Waals surface area (Å²) >= 11 is 0. The van der Waals surface area contributed by atoms with E-state index in [0.29, 0.717) is 19.3 Å². The molecule has 5 nitrogen and oxygen atoms in total. The van der Waals surface area contributed by atoms with Crippen LogP contribution >= 0.6 is 0 Å². The van der Waals surface area contributed by atoms with Crippen LogP contribution in [-0.2, 0) is 9.59 Å². The minimum absolute atomic E-state index is 0.0439. The number of nitrogens with zero attached hydrogens (tertiary/aromatic N) is 1. The van der Waals surface area contributed by atoms with Gasteiger partial charge in [-0.05, 0) is 127 Å². The van der Waals surface area contributed by atoms with Gasteiger partial charge in [0.05, 0.1) is 11.5 Å². The molecule has 0 unspecified atom stereocenters. The molecule has 5 aliphatic rings. The number of aliphatic hydroxyl groups is 1. The summed E-state index contributed by atoms with van der Waals surface area (Å²) in [6.45, 7) is 15.8. The lowest BCUT2D eigenvalue weighted by atomic mass is 9.33. The normalized spacial score (nSPS) is 47.9. The molecule has 0 amide bonds. The number of ketones is 1. The van der Waals surface area contributed by atoms with Crippen molar-refractivity contribution in [1.29, 1.82) is 0 Å². The van der Waals surface area contributed by atoms with Crippen molar-refractivity contribution in [1.82, 2.24) is 4.98 Å². The highest BCUT2D eigenvalue weighted by atomic mass is 16.4. The fourth-order valence-corrected chi connectivity index (χ4v) is 11.2. The number of carboxylic acid groups (broad SMARTS) is 1. The first kappa shape index (κ1) is 28.8. The number of rotatable bonds is 2. The first-order valence-electron chi connectivity index (χ1n) is 15.8. The van der Waals surface area contributed by atoms with E-state index in [1.54, 1.807) is 12.4 Å². The van der Waals surface area contributed by atoms with Crippen molar-refractivity contribution in [2.45, 2.75) is 106 Å². The van der Waals surface area contributed by atoms with Crippen molar-refractivity contribution >= 4 is 17.8 Å². The van der Waals surface area contributed by atoms with Gasteiger partial charge in [-0.3, -0.25) is 14.6 Å². The van der Waals surface area contributed by atoms with Crippen LogP contribution in [0.1, 0.15) is 105 Å². The Morgan fingerprint density at radius 3 is 2.29 bits per heavy atom. The summed E-state index contributed by atoms with van der Waals surface area (Å²) < 4.78 is 0. The number of fused-ring (bicyclic) bond motifs is 7. The predicted molar refractivity (Wildman–Crippen MR) is 161 cm³/mol. The molecular formula is C36H49NO4. The molecule has 41 heavy (non-hydrogen) atoms. The van der Waals surface area contributed by atoms with E-state index >= 15 is 0 Å². The molecule has 0 spiro atoms. The Balaban J connectivity index is 1.47. The summed E-state index contributed by atoms with van der Waals surface area (Å²) in [5.74, 6) is -0.277. The zero-order valence-electron chi connectivity index (χ0n) is 26.1. The topological polar surface area (TPSA) is 87.5 Å². The third-order valence-corrected chi connectivity index (χ3v) is 14.0. The molecule has 6 rings (SSSR count). The van der Waals surface area contributed by atoms with Crippen molar-refractivity contribution in [3.05, 3.63) is 47.3 Å². The second-order valence-corrected chi connectivity index (χ2v) is 16.5. The second-order valence-electron chi connectivity index (χ2n) is 16.5. The zero-order valence-corrected chi connectivity index (χ0v) is 26.1. The van der Waals surface area contributed by atoms with Gasteiger partial charge in [-0.1, -0.05) is 53.2 Å². The molecule has 2 N–H and O–H groups in total. The molecule has 0 bridgehead atoms. The summed E-state index contributed by atoms with van der Waals surface area (Å²) in [4.78, 5) is 31.2. The fraction of sp³-hybridized carbons (Fsp3) is 0.694. The van der Waals surface area contributed by atoms with E-state index in [2.05, 4.69) is 52.6 Å². The van der Waals surface area contributed by atoms with Gasteiger partial charge >= 0.3 is 5.97 Å². The van der Waals surface area contributed by atoms with E-state index in [1.165, 1.54) is 5.57 Å². The van der Waals surface area contributed by atoms with Gasteiger partial charge in [0.15, 0.2) is 5.78 Å². The molecule has 4 saturated carbocycles. The van der Waals surface area contributed by atoms with Crippen molar-refractivity contribution in [2.24, 2.45) is 50.2 Å². The number of aliphatic hydroxyl groups excluding tert-OH is 1. The Hall–Kier alpha value is -2.27. The number of carbonyl (C=O) groups is 2. The number of carboxylic acids is 1. The highest BCUT2D eigenvalue weighted by molar-refractivity contribution is 5.96. The molecule has 0 aromatic carbocycles. The van der Waals surface area contributed by atoms with Crippen LogP contribution in [0.25, 0.3) is 6.08 Å². The summed E-state index contributed by atoms with van der Waals surface area (Å²) in [5, 5.41) is 21.9. The number of hydrogen-bond donors (Lipinski definition) is 2. The standard InChI is InChI=1S/C36H49NO4/c1-31(2)27-8-11-36(7)28(34(27,5)20-23(29(31)39)18-22-9-16-37-17-10-22)26(38)19-24-25-21-33(4,30(40)41)13-12-32(25,3)14-15-35(24,36)6/h9-10,16-19,25,27-29,39H,8,11-15,20-21H2,1-7H3,(H,40,41)/b23-18+/t25-,27-,28+,29-,32+,33-,34-,35+,36+/m0/s1. The summed E-state index contributed by atoms with van der Waals surface area (Å²) in [6.07, 6.45) is 14.1. The van der Waals surface area contributed by atoms with E-state index in [9.17, 15) is 19.8 Å². The lowest BCUT2D eigenvalue weighted by Gasteiger charge is -2.70. The Bertz CT molecular complexity index is 1350. The van der Waals surface area contributed by atoms with Crippen LogP contribution in [0.15, 0.2) is 41.7 Å². The van der Waals surface area contributed by atoms with E-state index in [-0.39, 0.29) is 50.6 Å². The van der Waals surface area contributed by atoms with Crippen molar-refractivity contribution in [3.8, 4) is 0 Å². The molecule has 1 heterocycles. The molecule has 1 aromatic rings. The fourth-order valence-electron chi connectivity index (χ4n) is 11.2. The number of pyridine rings is 1. The molecule has 9 atom stereocenters. The number of allylic oxidation sites excluding steroid dienone is 2. The van der Waals surface area contributed by atoms with Crippen molar-refractivity contribution in [2.75, 3.05) is 0 Å². The Morgan fingerprint density at radius 2 is 1.63 bits per heavy atom. The van der Waals surface area contributed by atoms with Gasteiger partial charge in [-0.2, -0.15) is 0 Å². The second kappa shape index (κ2) is 8.88. The Morgan fingerprint density at radius 1 is 0.976 bits per heavy atom. The SMILES string of the molecule is CC1(C)[C@@H](O)/C(=C/c2ccncc2)C[C@]2(C)[C@H]3C(=O)C=C4[C@@H]5C[C@@](C)(C(=O)O)CC[C@]5(C)CC[C@@]4(C)[C@]3(C)CC[C@@H]12.